The summed E-state index contributed by atoms with van der Waals surface area (Å²) in [6.45, 7) is 0. The van der Waals surface area contributed by atoms with E-state index in [1.54, 1.807) is 24.3 Å². The maximum absolute atomic E-state index is 10.9. The number of non-ortho nitro benzene ring substituents is 2. The van der Waals surface area contributed by atoms with Crippen molar-refractivity contribution >= 4 is 22.4 Å². The fourth-order valence-electron chi connectivity index (χ4n) is 1.97. The molecule has 0 aliphatic rings. The fourth-order valence-corrected chi connectivity index (χ4v) is 1.97. The van der Waals surface area contributed by atoms with Crippen LogP contribution in [0.1, 0.15) is 0 Å². The van der Waals surface area contributed by atoms with Gasteiger partial charge in [-0.15, -0.1) is 5.10 Å². The minimum absolute atomic E-state index is 0.213. The van der Waals surface area contributed by atoms with Gasteiger partial charge in [0.15, 0.2) is 0 Å². The number of benzene rings is 2. The molecule has 0 unspecified atom stereocenters. The highest BCUT2D eigenvalue weighted by Crippen LogP contribution is 2.26. The molecule has 9 heteroatoms. The molecule has 0 aliphatic carbocycles. The van der Waals surface area contributed by atoms with Crippen molar-refractivity contribution in [3.05, 3.63) is 62.7 Å². The first-order chi connectivity index (χ1) is 10.1. The van der Waals surface area contributed by atoms with Gasteiger partial charge in [-0.25, -0.2) is 4.68 Å². The lowest BCUT2D eigenvalue weighted by atomic mass is 10.2. The normalized spacial score (nSPS) is 10.7. The Kier molecular flexibility index (Phi) is 2.79. The third kappa shape index (κ3) is 2.16. The Bertz CT molecular complexity index is 841. The molecular weight excluding hydrogens is 278 g/mol. The smallest absolute Gasteiger partial charge is 0.258 e. The van der Waals surface area contributed by atoms with Crippen LogP contribution in [0, 0.1) is 20.2 Å². The quantitative estimate of drug-likeness (QED) is 0.538. The molecule has 0 aliphatic heterocycles. The Labute approximate surface area is 116 Å². The molecular formula is C12H7N5O4. The van der Waals surface area contributed by atoms with Gasteiger partial charge in [-0.05, 0) is 12.1 Å². The summed E-state index contributed by atoms with van der Waals surface area (Å²) in [7, 11) is 0. The number of nitro groups is 2. The molecule has 104 valence electrons. The van der Waals surface area contributed by atoms with E-state index in [4.69, 9.17) is 0 Å². The number of nitro benzene ring substituents is 2. The van der Waals surface area contributed by atoms with E-state index in [9.17, 15) is 20.2 Å². The van der Waals surface area contributed by atoms with Crippen molar-refractivity contribution in [3.8, 4) is 5.69 Å². The van der Waals surface area contributed by atoms with Crippen molar-refractivity contribution in [2.75, 3.05) is 0 Å². The second-order valence-electron chi connectivity index (χ2n) is 4.21. The summed E-state index contributed by atoms with van der Waals surface area (Å²) in [4.78, 5) is 20.4. The van der Waals surface area contributed by atoms with Gasteiger partial charge in [0.25, 0.3) is 11.4 Å². The number of rotatable bonds is 3. The van der Waals surface area contributed by atoms with Crippen molar-refractivity contribution in [2.45, 2.75) is 0 Å². The number of aromatic nitrogens is 3. The largest absolute Gasteiger partial charge is 0.278 e. The molecule has 0 spiro atoms. The van der Waals surface area contributed by atoms with Gasteiger partial charge in [-0.1, -0.05) is 17.3 Å². The summed E-state index contributed by atoms with van der Waals surface area (Å²) >= 11 is 0. The first kappa shape index (κ1) is 12.7. The molecule has 0 bridgehead atoms. The standard InChI is InChI=1S/C12H7N5O4/c18-16(19)9-5-8(6-10(7-9)17(20)21)15-12-4-2-1-3-11(12)13-14-15/h1-7H. The monoisotopic (exact) mass is 285 g/mol. The minimum atomic E-state index is -0.685. The van der Waals surface area contributed by atoms with Gasteiger partial charge in [0.2, 0.25) is 0 Å². The van der Waals surface area contributed by atoms with Gasteiger partial charge < -0.3 is 0 Å². The van der Waals surface area contributed by atoms with E-state index >= 15 is 0 Å². The minimum Gasteiger partial charge on any atom is -0.258 e. The average Bonchev–Trinajstić information content (AvgIpc) is 2.90. The van der Waals surface area contributed by atoms with Crippen molar-refractivity contribution < 1.29 is 9.85 Å². The zero-order valence-electron chi connectivity index (χ0n) is 10.4. The summed E-state index contributed by atoms with van der Waals surface area (Å²) in [6, 6.07) is 10.3. The Balaban J connectivity index is 2.26. The van der Waals surface area contributed by atoms with E-state index in [0.717, 1.165) is 6.07 Å². The van der Waals surface area contributed by atoms with Crippen molar-refractivity contribution in [1.82, 2.24) is 15.0 Å². The Morgan fingerprint density at radius 1 is 0.952 bits per heavy atom. The zero-order valence-corrected chi connectivity index (χ0v) is 10.4. The Morgan fingerprint density at radius 3 is 2.19 bits per heavy atom. The lowest BCUT2D eigenvalue weighted by Crippen LogP contribution is -2.00. The van der Waals surface area contributed by atoms with Gasteiger partial charge in [0.1, 0.15) is 5.52 Å². The van der Waals surface area contributed by atoms with Gasteiger partial charge in [-0.3, -0.25) is 20.2 Å². The Morgan fingerprint density at radius 2 is 1.57 bits per heavy atom. The van der Waals surface area contributed by atoms with Crippen LogP contribution < -0.4 is 0 Å². The second kappa shape index (κ2) is 4.63. The molecule has 2 aromatic carbocycles. The molecule has 0 saturated carbocycles. The first-order valence-electron chi connectivity index (χ1n) is 5.81. The third-order valence-electron chi connectivity index (χ3n) is 2.91. The molecule has 0 fully saturated rings. The molecule has 9 nitrogen and oxygen atoms in total. The maximum Gasteiger partial charge on any atom is 0.278 e. The summed E-state index contributed by atoms with van der Waals surface area (Å²) < 4.78 is 1.33. The topological polar surface area (TPSA) is 117 Å². The first-order valence-corrected chi connectivity index (χ1v) is 5.81. The lowest BCUT2D eigenvalue weighted by Gasteiger charge is -2.02. The molecule has 1 heterocycles. The lowest BCUT2D eigenvalue weighted by molar-refractivity contribution is -0.394. The van der Waals surface area contributed by atoms with Crippen LogP contribution >= 0.6 is 0 Å². The molecule has 0 amide bonds. The van der Waals surface area contributed by atoms with Crippen molar-refractivity contribution in [2.24, 2.45) is 0 Å². The maximum atomic E-state index is 10.9. The average molecular weight is 285 g/mol. The van der Waals surface area contributed by atoms with Crippen LogP contribution in [-0.4, -0.2) is 24.8 Å². The van der Waals surface area contributed by atoms with Crippen LogP contribution in [0.4, 0.5) is 11.4 Å². The van der Waals surface area contributed by atoms with E-state index in [1.807, 2.05) is 0 Å². The molecule has 0 N–H and O–H groups in total. The third-order valence-corrected chi connectivity index (χ3v) is 2.91. The highest BCUT2D eigenvalue weighted by atomic mass is 16.6. The predicted molar refractivity (Wildman–Crippen MR) is 72.2 cm³/mol. The molecule has 0 radical (unpaired) electrons. The summed E-state index contributed by atoms with van der Waals surface area (Å²) in [5, 5.41) is 29.6. The second-order valence-corrected chi connectivity index (χ2v) is 4.21. The van der Waals surface area contributed by atoms with Gasteiger partial charge in [0.05, 0.1) is 27.1 Å². The highest BCUT2D eigenvalue weighted by molar-refractivity contribution is 5.76. The number of fused-ring (bicyclic) bond motifs is 1. The van der Waals surface area contributed by atoms with E-state index < -0.39 is 9.85 Å². The van der Waals surface area contributed by atoms with Crippen LogP contribution in [0.25, 0.3) is 16.7 Å². The van der Waals surface area contributed by atoms with E-state index in [0.29, 0.717) is 11.0 Å². The summed E-state index contributed by atoms with van der Waals surface area (Å²) in [5.41, 5.74) is 0.654. The van der Waals surface area contributed by atoms with Gasteiger partial charge in [0, 0.05) is 12.1 Å². The van der Waals surface area contributed by atoms with E-state index in [-0.39, 0.29) is 17.1 Å². The van der Waals surface area contributed by atoms with Crippen molar-refractivity contribution in [1.29, 1.82) is 0 Å². The number of hydrogen-bond donors (Lipinski definition) is 0. The number of para-hydroxylation sites is 1. The molecule has 0 saturated heterocycles. The molecule has 21 heavy (non-hydrogen) atoms. The number of hydrogen-bond acceptors (Lipinski definition) is 6. The van der Waals surface area contributed by atoms with Gasteiger partial charge >= 0.3 is 0 Å². The van der Waals surface area contributed by atoms with Crippen LogP contribution in [-0.2, 0) is 0 Å². The van der Waals surface area contributed by atoms with Crippen molar-refractivity contribution in [3.63, 3.8) is 0 Å². The fraction of sp³-hybridized carbons (Fsp3) is 0. The number of nitrogens with zero attached hydrogens (tertiary/aromatic N) is 5. The molecule has 3 rings (SSSR count). The molecule has 0 atom stereocenters. The van der Waals surface area contributed by atoms with E-state index in [2.05, 4.69) is 10.3 Å². The van der Waals surface area contributed by atoms with Gasteiger partial charge in [-0.2, -0.15) is 0 Å². The molecule has 1 aromatic heterocycles. The predicted octanol–water partition coefficient (Wildman–Crippen LogP) is 2.24. The summed E-state index contributed by atoms with van der Waals surface area (Å²) in [5.74, 6) is 0. The highest BCUT2D eigenvalue weighted by Gasteiger charge is 2.18. The van der Waals surface area contributed by atoms with Crippen LogP contribution in [0.2, 0.25) is 0 Å². The Hall–Kier alpha value is -3.36. The van der Waals surface area contributed by atoms with E-state index in [1.165, 1.54) is 16.8 Å². The zero-order chi connectivity index (χ0) is 15.0. The summed E-state index contributed by atoms with van der Waals surface area (Å²) in [6.07, 6.45) is 0. The SMILES string of the molecule is O=[N+]([O-])c1cc(-n2nnc3ccccc32)cc([N+](=O)[O-])c1. The van der Waals surface area contributed by atoms with Crippen LogP contribution in [0.15, 0.2) is 42.5 Å². The van der Waals surface area contributed by atoms with Crippen LogP contribution in [0.3, 0.4) is 0 Å². The molecule has 3 aromatic rings. The van der Waals surface area contributed by atoms with Crippen LogP contribution in [0.5, 0.6) is 0 Å².